The molecule has 0 saturated carbocycles. The van der Waals surface area contributed by atoms with Crippen LogP contribution in [0.15, 0.2) is 54.6 Å². The summed E-state index contributed by atoms with van der Waals surface area (Å²) in [5.41, 5.74) is 1.87. The number of hydrogen-bond donors (Lipinski definition) is 0. The Hall–Kier alpha value is -2.69. The van der Waals surface area contributed by atoms with Crippen molar-refractivity contribution in [2.24, 2.45) is 0 Å². The lowest BCUT2D eigenvalue weighted by Crippen LogP contribution is -2.27. The Morgan fingerprint density at radius 2 is 1.67 bits per heavy atom. The van der Waals surface area contributed by atoms with Gasteiger partial charge in [0.15, 0.2) is 0 Å². The van der Waals surface area contributed by atoms with Gasteiger partial charge in [-0.3, -0.25) is 14.9 Å². The lowest BCUT2D eigenvalue weighted by atomic mass is 10.1. The molecule has 2 rings (SSSR count). The van der Waals surface area contributed by atoms with Crippen molar-refractivity contribution in [1.29, 1.82) is 0 Å². The Morgan fingerprint density at radius 3 is 2.24 bits per heavy atom. The van der Waals surface area contributed by atoms with Gasteiger partial charge in [0.2, 0.25) is 5.91 Å². The number of rotatable bonds is 5. The number of nitro groups is 1. The Balaban J connectivity index is 1.95. The predicted octanol–water partition coefficient (Wildman–Crippen LogP) is 2.80. The van der Waals surface area contributed by atoms with E-state index < -0.39 is 4.92 Å². The van der Waals surface area contributed by atoms with Crippen molar-refractivity contribution in [2.45, 2.75) is 13.0 Å². The topological polar surface area (TPSA) is 63.5 Å². The summed E-state index contributed by atoms with van der Waals surface area (Å²) in [5, 5.41) is 10.6. The second-order valence-electron chi connectivity index (χ2n) is 4.84. The van der Waals surface area contributed by atoms with E-state index >= 15 is 0 Å². The standard InChI is InChI=1S/C16H16N2O3/c1-17(12-14-5-3-2-4-6-14)16(19)11-13-7-9-15(10-8-13)18(20)21/h2-10H,11-12H2,1H3. The van der Waals surface area contributed by atoms with Gasteiger partial charge in [-0.1, -0.05) is 42.5 Å². The van der Waals surface area contributed by atoms with Crippen LogP contribution in [-0.2, 0) is 17.8 Å². The molecule has 0 atom stereocenters. The fraction of sp³-hybridized carbons (Fsp3) is 0.188. The second kappa shape index (κ2) is 6.65. The van der Waals surface area contributed by atoms with Crippen molar-refractivity contribution in [1.82, 2.24) is 4.90 Å². The molecule has 2 aromatic rings. The number of carbonyl (C=O) groups is 1. The number of non-ortho nitro benzene ring substituents is 1. The third-order valence-corrected chi connectivity index (χ3v) is 3.19. The third kappa shape index (κ3) is 4.14. The third-order valence-electron chi connectivity index (χ3n) is 3.19. The van der Waals surface area contributed by atoms with Crippen LogP contribution in [0, 0.1) is 10.1 Å². The van der Waals surface area contributed by atoms with Crippen molar-refractivity contribution in [3.8, 4) is 0 Å². The molecule has 0 unspecified atom stereocenters. The van der Waals surface area contributed by atoms with Gasteiger partial charge in [0.25, 0.3) is 5.69 Å². The maximum absolute atomic E-state index is 12.1. The van der Waals surface area contributed by atoms with E-state index in [1.807, 2.05) is 30.3 Å². The maximum Gasteiger partial charge on any atom is 0.269 e. The van der Waals surface area contributed by atoms with Gasteiger partial charge < -0.3 is 4.90 Å². The van der Waals surface area contributed by atoms with Crippen LogP contribution < -0.4 is 0 Å². The van der Waals surface area contributed by atoms with Crippen molar-refractivity contribution >= 4 is 11.6 Å². The highest BCUT2D eigenvalue weighted by atomic mass is 16.6. The van der Waals surface area contributed by atoms with Crippen molar-refractivity contribution < 1.29 is 9.72 Å². The molecule has 0 aromatic heterocycles. The van der Waals surface area contributed by atoms with Gasteiger partial charge in [0.1, 0.15) is 0 Å². The molecule has 21 heavy (non-hydrogen) atoms. The molecule has 5 heteroatoms. The zero-order valence-corrected chi connectivity index (χ0v) is 11.7. The maximum atomic E-state index is 12.1. The first-order valence-corrected chi connectivity index (χ1v) is 6.57. The van der Waals surface area contributed by atoms with Crippen LogP contribution in [0.4, 0.5) is 5.69 Å². The Bertz CT molecular complexity index is 624. The Kier molecular flexibility index (Phi) is 4.66. The number of nitrogens with zero attached hydrogens (tertiary/aromatic N) is 2. The number of carbonyl (C=O) groups excluding carboxylic acids is 1. The summed E-state index contributed by atoms with van der Waals surface area (Å²) < 4.78 is 0. The number of hydrogen-bond acceptors (Lipinski definition) is 3. The molecule has 0 radical (unpaired) electrons. The number of amides is 1. The predicted molar refractivity (Wildman–Crippen MR) is 79.7 cm³/mol. The lowest BCUT2D eigenvalue weighted by Gasteiger charge is -2.17. The largest absolute Gasteiger partial charge is 0.341 e. The van der Waals surface area contributed by atoms with Gasteiger partial charge in [-0.15, -0.1) is 0 Å². The average Bonchev–Trinajstić information content (AvgIpc) is 2.48. The summed E-state index contributed by atoms with van der Waals surface area (Å²) in [4.78, 5) is 23.9. The molecule has 5 nitrogen and oxygen atoms in total. The van der Waals surface area contributed by atoms with E-state index in [1.165, 1.54) is 12.1 Å². The molecule has 1 amide bonds. The fourth-order valence-corrected chi connectivity index (χ4v) is 1.99. The average molecular weight is 284 g/mol. The molecule has 0 spiro atoms. The molecule has 0 aliphatic heterocycles. The van der Waals surface area contributed by atoms with E-state index in [1.54, 1.807) is 24.1 Å². The van der Waals surface area contributed by atoms with Gasteiger partial charge in [0, 0.05) is 25.7 Å². The molecule has 0 N–H and O–H groups in total. The van der Waals surface area contributed by atoms with Crippen LogP contribution in [0.1, 0.15) is 11.1 Å². The van der Waals surface area contributed by atoms with Crippen LogP contribution in [0.5, 0.6) is 0 Å². The van der Waals surface area contributed by atoms with Gasteiger partial charge in [-0.2, -0.15) is 0 Å². The number of nitro benzene ring substituents is 1. The zero-order chi connectivity index (χ0) is 15.2. The summed E-state index contributed by atoms with van der Waals surface area (Å²) in [6.07, 6.45) is 0.237. The molecule has 0 aliphatic rings. The van der Waals surface area contributed by atoms with Crippen molar-refractivity contribution in [2.75, 3.05) is 7.05 Å². The second-order valence-corrected chi connectivity index (χ2v) is 4.84. The quantitative estimate of drug-likeness (QED) is 0.626. The monoisotopic (exact) mass is 284 g/mol. The van der Waals surface area contributed by atoms with Gasteiger partial charge >= 0.3 is 0 Å². The lowest BCUT2D eigenvalue weighted by molar-refractivity contribution is -0.384. The van der Waals surface area contributed by atoms with Crippen LogP contribution in [-0.4, -0.2) is 22.8 Å². The number of likely N-dealkylation sites (N-methyl/N-ethyl adjacent to an activating group) is 1. The molecule has 0 heterocycles. The summed E-state index contributed by atoms with van der Waals surface area (Å²) in [7, 11) is 1.75. The highest BCUT2D eigenvalue weighted by Crippen LogP contribution is 2.13. The summed E-state index contributed by atoms with van der Waals surface area (Å²) in [6, 6.07) is 15.8. The summed E-state index contributed by atoms with van der Waals surface area (Å²) in [5.74, 6) is -0.0206. The molecule has 108 valence electrons. The molecule has 0 fully saturated rings. The van der Waals surface area contributed by atoms with Crippen LogP contribution in [0.3, 0.4) is 0 Å². The van der Waals surface area contributed by atoms with E-state index in [9.17, 15) is 14.9 Å². The summed E-state index contributed by atoms with van der Waals surface area (Å²) >= 11 is 0. The smallest absolute Gasteiger partial charge is 0.269 e. The van der Waals surface area contributed by atoms with Crippen molar-refractivity contribution in [3.63, 3.8) is 0 Å². The van der Waals surface area contributed by atoms with Crippen LogP contribution in [0.2, 0.25) is 0 Å². The first-order chi connectivity index (χ1) is 10.1. The van der Waals surface area contributed by atoms with E-state index in [4.69, 9.17) is 0 Å². The fourth-order valence-electron chi connectivity index (χ4n) is 1.99. The highest BCUT2D eigenvalue weighted by Gasteiger charge is 2.11. The molecule has 0 bridgehead atoms. The van der Waals surface area contributed by atoms with E-state index in [-0.39, 0.29) is 18.0 Å². The van der Waals surface area contributed by atoms with Crippen molar-refractivity contribution in [3.05, 3.63) is 75.8 Å². The first-order valence-electron chi connectivity index (χ1n) is 6.57. The minimum atomic E-state index is -0.451. The molecular weight excluding hydrogens is 268 g/mol. The van der Waals surface area contributed by atoms with Crippen LogP contribution in [0.25, 0.3) is 0 Å². The summed E-state index contributed by atoms with van der Waals surface area (Å²) in [6.45, 7) is 0.548. The highest BCUT2D eigenvalue weighted by molar-refractivity contribution is 5.78. The minimum Gasteiger partial charge on any atom is -0.341 e. The van der Waals surface area contributed by atoms with Gasteiger partial charge in [-0.25, -0.2) is 0 Å². The minimum absolute atomic E-state index is 0.0206. The van der Waals surface area contributed by atoms with Gasteiger partial charge in [-0.05, 0) is 11.1 Å². The molecular formula is C16H16N2O3. The molecule has 0 saturated heterocycles. The van der Waals surface area contributed by atoms with E-state index in [2.05, 4.69) is 0 Å². The molecule has 0 aliphatic carbocycles. The Morgan fingerprint density at radius 1 is 1.05 bits per heavy atom. The molecule has 2 aromatic carbocycles. The van der Waals surface area contributed by atoms with E-state index in [0.29, 0.717) is 6.54 Å². The van der Waals surface area contributed by atoms with E-state index in [0.717, 1.165) is 11.1 Å². The SMILES string of the molecule is CN(Cc1ccccc1)C(=O)Cc1ccc([N+](=O)[O-])cc1. The first kappa shape index (κ1) is 14.7. The van der Waals surface area contributed by atoms with Crippen LogP contribution >= 0.6 is 0 Å². The zero-order valence-electron chi connectivity index (χ0n) is 11.7. The number of benzene rings is 2. The van der Waals surface area contributed by atoms with Gasteiger partial charge in [0.05, 0.1) is 11.3 Å². The Labute approximate surface area is 123 Å². The normalized spacial score (nSPS) is 10.1.